The van der Waals surface area contributed by atoms with Gasteiger partial charge in [0.25, 0.3) is 5.91 Å². The summed E-state index contributed by atoms with van der Waals surface area (Å²) in [6.07, 6.45) is 1.98. The molecule has 0 bridgehead atoms. The number of nitrogens with one attached hydrogen (secondary N) is 1. The number of anilines is 1. The van der Waals surface area contributed by atoms with Crippen LogP contribution in [0.3, 0.4) is 0 Å². The lowest BCUT2D eigenvalue weighted by molar-refractivity contribution is -0.121. The van der Waals surface area contributed by atoms with Gasteiger partial charge in [-0.1, -0.05) is 47.6 Å². The number of amidine groups is 1. The maximum atomic E-state index is 13.8. The highest BCUT2D eigenvalue weighted by Gasteiger charge is 2.40. The van der Waals surface area contributed by atoms with Crippen molar-refractivity contribution >= 4 is 51.7 Å². The molecule has 3 aromatic rings. The minimum Gasteiger partial charge on any atom is -0.467 e. The fraction of sp³-hybridized carbons (Fsp3) is 0.167. The van der Waals surface area contributed by atoms with E-state index in [1.54, 1.807) is 35.5 Å². The molecule has 2 aliphatic heterocycles. The van der Waals surface area contributed by atoms with Crippen molar-refractivity contribution in [3.63, 3.8) is 0 Å². The van der Waals surface area contributed by atoms with Crippen molar-refractivity contribution in [1.29, 1.82) is 0 Å². The maximum absolute atomic E-state index is 13.8. The number of para-hydroxylation sites is 1. The van der Waals surface area contributed by atoms with Gasteiger partial charge in [0.15, 0.2) is 5.17 Å². The van der Waals surface area contributed by atoms with Crippen LogP contribution in [0.4, 0.5) is 10.1 Å². The first-order chi connectivity index (χ1) is 16.5. The van der Waals surface area contributed by atoms with E-state index < -0.39 is 22.9 Å². The van der Waals surface area contributed by atoms with Crippen LogP contribution in [-0.2, 0) is 9.59 Å². The van der Waals surface area contributed by atoms with Crippen molar-refractivity contribution in [2.45, 2.75) is 24.1 Å². The van der Waals surface area contributed by atoms with E-state index in [0.29, 0.717) is 22.4 Å². The molecule has 0 aliphatic carbocycles. The quantitative estimate of drug-likeness (QED) is 0.521. The van der Waals surface area contributed by atoms with Crippen LogP contribution in [0.1, 0.15) is 30.2 Å². The highest BCUT2D eigenvalue weighted by Crippen LogP contribution is 2.38. The molecule has 3 heterocycles. The third-order valence-corrected chi connectivity index (χ3v) is 6.80. The first-order valence-electron chi connectivity index (χ1n) is 10.5. The Morgan fingerprint density at radius 1 is 1.18 bits per heavy atom. The molecule has 0 fully saturated rings. The minimum absolute atomic E-state index is 0.0683. The molecule has 2 amide bonds. The van der Waals surface area contributed by atoms with Crippen molar-refractivity contribution in [1.82, 2.24) is 5.01 Å². The highest BCUT2D eigenvalue weighted by molar-refractivity contribution is 8.15. The number of carbonyl (C=O) groups excluding carboxylic acids is 2. The fourth-order valence-electron chi connectivity index (χ4n) is 3.74. The number of carbonyl (C=O) groups is 2. The number of benzene rings is 2. The first kappa shape index (κ1) is 22.4. The van der Waals surface area contributed by atoms with Gasteiger partial charge in [0.1, 0.15) is 22.9 Å². The predicted octanol–water partition coefficient (Wildman–Crippen LogP) is 5.25. The van der Waals surface area contributed by atoms with Gasteiger partial charge < -0.3 is 9.73 Å². The van der Waals surface area contributed by atoms with E-state index >= 15 is 0 Å². The first-order valence-corrected chi connectivity index (χ1v) is 11.7. The molecule has 34 heavy (non-hydrogen) atoms. The lowest BCUT2D eigenvalue weighted by Crippen LogP contribution is -2.25. The normalized spacial score (nSPS) is 19.8. The predicted molar refractivity (Wildman–Crippen MR) is 129 cm³/mol. The molecule has 2 aliphatic rings. The minimum atomic E-state index is -0.728. The summed E-state index contributed by atoms with van der Waals surface area (Å²) in [5, 5.41) is 9.19. The molecular formula is C24H18ClFN4O3S. The average Bonchev–Trinajstić information content (AvgIpc) is 3.56. The molecule has 2 atom stereocenters. The molecule has 1 N–H and O–H groups in total. The Labute approximate surface area is 203 Å². The number of thioether (sulfide) groups is 1. The van der Waals surface area contributed by atoms with E-state index in [-0.39, 0.29) is 18.2 Å². The summed E-state index contributed by atoms with van der Waals surface area (Å²) in [5.74, 6) is -0.761. The summed E-state index contributed by atoms with van der Waals surface area (Å²) in [4.78, 5) is 29.2. The monoisotopic (exact) mass is 496 g/mol. The van der Waals surface area contributed by atoms with Gasteiger partial charge in [0.05, 0.1) is 17.7 Å². The van der Waals surface area contributed by atoms with E-state index in [1.165, 1.54) is 18.2 Å². The molecule has 5 rings (SSSR count). The molecule has 0 saturated carbocycles. The van der Waals surface area contributed by atoms with Crippen LogP contribution in [-0.4, -0.2) is 33.0 Å². The van der Waals surface area contributed by atoms with Gasteiger partial charge in [0.2, 0.25) is 5.91 Å². The number of hydrazone groups is 1. The zero-order valence-electron chi connectivity index (χ0n) is 17.7. The Kier molecular flexibility index (Phi) is 6.21. The lowest BCUT2D eigenvalue weighted by atomic mass is 10.0. The number of hydrogen-bond donors (Lipinski definition) is 1. The molecular weight excluding hydrogens is 479 g/mol. The van der Waals surface area contributed by atoms with Gasteiger partial charge in [-0.05, 0) is 42.0 Å². The van der Waals surface area contributed by atoms with Crippen LogP contribution < -0.4 is 5.32 Å². The SMILES string of the molecule is O=C(C[C@H]1SC(N2N=C(c3ccc(Cl)cc3)C[C@@H]2c2ccco2)=NC1=O)Nc1ccccc1F. The standard InChI is InChI=1S/C24H18ClFN4O3S/c25-15-9-7-14(8-10-15)18-12-19(20-6-3-11-33-20)30(29-18)24-28-23(32)21(34-24)13-22(31)27-17-5-2-1-4-16(17)26/h1-11,19,21H,12-13H2,(H,27,31)/t19-,21-/m1/s1. The fourth-order valence-corrected chi connectivity index (χ4v) is 4.93. The molecule has 10 heteroatoms. The second kappa shape index (κ2) is 9.44. The van der Waals surface area contributed by atoms with Crippen molar-refractivity contribution in [2.75, 3.05) is 5.32 Å². The molecule has 1 aromatic heterocycles. The van der Waals surface area contributed by atoms with Crippen LogP contribution in [0.15, 0.2) is 81.4 Å². The molecule has 0 spiro atoms. The van der Waals surface area contributed by atoms with E-state index in [9.17, 15) is 14.0 Å². The van der Waals surface area contributed by atoms with Crippen LogP contribution >= 0.6 is 23.4 Å². The highest BCUT2D eigenvalue weighted by atomic mass is 35.5. The van der Waals surface area contributed by atoms with E-state index in [4.69, 9.17) is 21.1 Å². The smallest absolute Gasteiger partial charge is 0.262 e. The molecule has 0 unspecified atom stereocenters. The van der Waals surface area contributed by atoms with Crippen LogP contribution in [0.2, 0.25) is 5.02 Å². The molecule has 172 valence electrons. The van der Waals surface area contributed by atoms with E-state index in [1.807, 2.05) is 18.2 Å². The second-order valence-electron chi connectivity index (χ2n) is 7.70. The third kappa shape index (κ3) is 4.62. The molecule has 2 aromatic carbocycles. The molecule has 7 nitrogen and oxygen atoms in total. The summed E-state index contributed by atoms with van der Waals surface area (Å²) in [5.41, 5.74) is 1.77. The third-order valence-electron chi connectivity index (χ3n) is 5.40. The second-order valence-corrected chi connectivity index (χ2v) is 9.31. The van der Waals surface area contributed by atoms with Crippen molar-refractivity contribution < 1.29 is 18.4 Å². The van der Waals surface area contributed by atoms with Crippen LogP contribution in [0.5, 0.6) is 0 Å². The van der Waals surface area contributed by atoms with E-state index in [2.05, 4.69) is 10.3 Å². The van der Waals surface area contributed by atoms with Gasteiger partial charge in [-0.2, -0.15) is 10.1 Å². The number of halogens is 2. The van der Waals surface area contributed by atoms with Crippen LogP contribution in [0, 0.1) is 5.82 Å². The van der Waals surface area contributed by atoms with Gasteiger partial charge in [-0.15, -0.1) is 0 Å². The maximum Gasteiger partial charge on any atom is 0.262 e. The van der Waals surface area contributed by atoms with E-state index in [0.717, 1.165) is 23.0 Å². The number of rotatable bonds is 5. The Bertz CT molecular complexity index is 1290. The summed E-state index contributed by atoms with van der Waals surface area (Å²) in [6.45, 7) is 0. The Morgan fingerprint density at radius 2 is 1.97 bits per heavy atom. The number of furan rings is 1. The topological polar surface area (TPSA) is 87.3 Å². The molecule has 0 saturated heterocycles. The van der Waals surface area contributed by atoms with Crippen molar-refractivity contribution in [3.8, 4) is 0 Å². The number of hydrogen-bond acceptors (Lipinski definition) is 6. The zero-order valence-corrected chi connectivity index (χ0v) is 19.2. The van der Waals surface area contributed by atoms with Gasteiger partial charge in [-0.25, -0.2) is 9.40 Å². The number of aliphatic imine (C=N–C) groups is 1. The molecule has 0 radical (unpaired) electrons. The van der Waals surface area contributed by atoms with Gasteiger partial charge in [-0.3, -0.25) is 9.59 Å². The Morgan fingerprint density at radius 3 is 2.71 bits per heavy atom. The van der Waals surface area contributed by atoms with Crippen LogP contribution in [0.25, 0.3) is 0 Å². The van der Waals surface area contributed by atoms with Crippen molar-refractivity contribution in [3.05, 3.63) is 89.1 Å². The summed E-state index contributed by atoms with van der Waals surface area (Å²) in [7, 11) is 0. The lowest BCUT2D eigenvalue weighted by Gasteiger charge is -2.20. The Balaban J connectivity index is 1.33. The summed E-state index contributed by atoms with van der Waals surface area (Å²) in [6, 6.07) is 16.6. The van der Waals surface area contributed by atoms with Gasteiger partial charge >= 0.3 is 0 Å². The Hall–Kier alpha value is -3.43. The van der Waals surface area contributed by atoms with Crippen molar-refractivity contribution in [2.24, 2.45) is 10.1 Å². The average molecular weight is 497 g/mol. The summed E-state index contributed by atoms with van der Waals surface area (Å²) >= 11 is 7.18. The van der Waals surface area contributed by atoms with Gasteiger partial charge in [0, 0.05) is 17.9 Å². The zero-order chi connectivity index (χ0) is 23.7. The number of amides is 2. The largest absolute Gasteiger partial charge is 0.467 e. The summed E-state index contributed by atoms with van der Waals surface area (Å²) < 4.78 is 19.5. The number of nitrogens with zero attached hydrogens (tertiary/aromatic N) is 3.